The lowest BCUT2D eigenvalue weighted by molar-refractivity contribution is 0.101. The van der Waals surface area contributed by atoms with Crippen LogP contribution in [0.1, 0.15) is 26.3 Å². The van der Waals surface area contributed by atoms with Crippen LogP contribution in [0.25, 0.3) is 10.9 Å². The third-order valence-electron chi connectivity index (χ3n) is 3.21. The number of carbonyl (C=O) groups is 1. The predicted octanol–water partition coefficient (Wildman–Crippen LogP) is 2.88. The Kier molecular flexibility index (Phi) is 3.46. The van der Waals surface area contributed by atoms with E-state index in [0.29, 0.717) is 13.0 Å². The molecule has 5 nitrogen and oxygen atoms in total. The molecule has 0 aromatic carbocycles. The second-order valence-corrected chi connectivity index (χ2v) is 5.59. The summed E-state index contributed by atoms with van der Waals surface area (Å²) in [4.78, 5) is 20.0. The standard InChI is InChI=1S/C14H19N3O2/c1-14(2,3)17(13(18)19)7-5-10-8-16-12-4-6-15-9-11(10)12/h4,6,8-9,16H,5,7H2,1-3H3,(H,18,19). The van der Waals surface area contributed by atoms with Gasteiger partial charge in [-0.3, -0.25) is 4.98 Å². The van der Waals surface area contributed by atoms with Gasteiger partial charge < -0.3 is 15.0 Å². The summed E-state index contributed by atoms with van der Waals surface area (Å²) in [6.07, 6.45) is 5.26. The van der Waals surface area contributed by atoms with Gasteiger partial charge in [-0.15, -0.1) is 0 Å². The molecule has 0 aliphatic rings. The lowest BCUT2D eigenvalue weighted by Crippen LogP contribution is -2.45. The minimum atomic E-state index is -0.884. The lowest BCUT2D eigenvalue weighted by Gasteiger charge is -2.33. The van der Waals surface area contributed by atoms with E-state index < -0.39 is 11.6 Å². The molecule has 1 amide bonds. The molecular formula is C14H19N3O2. The molecule has 0 spiro atoms. The van der Waals surface area contributed by atoms with E-state index in [1.807, 2.05) is 39.2 Å². The smallest absolute Gasteiger partial charge is 0.407 e. The second kappa shape index (κ2) is 4.91. The minimum absolute atomic E-state index is 0.393. The van der Waals surface area contributed by atoms with Gasteiger partial charge in [0, 0.05) is 41.6 Å². The molecule has 102 valence electrons. The molecule has 19 heavy (non-hydrogen) atoms. The highest BCUT2D eigenvalue weighted by atomic mass is 16.4. The zero-order chi connectivity index (χ0) is 14.0. The SMILES string of the molecule is CC(C)(C)N(CCc1c[nH]c2ccncc12)C(=O)O. The van der Waals surface area contributed by atoms with Crippen molar-refractivity contribution in [3.63, 3.8) is 0 Å². The topological polar surface area (TPSA) is 69.2 Å². The summed E-state index contributed by atoms with van der Waals surface area (Å²) in [5.41, 5.74) is 1.73. The molecule has 0 saturated carbocycles. The van der Waals surface area contributed by atoms with Gasteiger partial charge in [0.2, 0.25) is 0 Å². The van der Waals surface area contributed by atoms with Crippen molar-refractivity contribution in [2.75, 3.05) is 6.54 Å². The molecule has 0 saturated heterocycles. The summed E-state index contributed by atoms with van der Waals surface area (Å²) in [6, 6.07) is 1.91. The number of aromatic amines is 1. The fraction of sp³-hybridized carbons (Fsp3) is 0.429. The number of pyridine rings is 1. The summed E-state index contributed by atoms with van der Waals surface area (Å²) in [6.45, 7) is 6.17. The van der Waals surface area contributed by atoms with Gasteiger partial charge in [-0.1, -0.05) is 0 Å². The maximum absolute atomic E-state index is 11.3. The summed E-state index contributed by atoms with van der Waals surface area (Å²) in [7, 11) is 0. The summed E-state index contributed by atoms with van der Waals surface area (Å²) in [5.74, 6) is 0. The Morgan fingerprint density at radius 2 is 2.21 bits per heavy atom. The maximum Gasteiger partial charge on any atom is 0.407 e. The predicted molar refractivity (Wildman–Crippen MR) is 74.3 cm³/mol. The monoisotopic (exact) mass is 261 g/mol. The number of amides is 1. The highest BCUT2D eigenvalue weighted by molar-refractivity contribution is 5.82. The first-order chi connectivity index (χ1) is 8.89. The van der Waals surface area contributed by atoms with E-state index in [1.54, 1.807) is 6.20 Å². The first kappa shape index (κ1) is 13.4. The molecule has 2 rings (SSSR count). The molecule has 0 bridgehead atoms. The van der Waals surface area contributed by atoms with E-state index in [-0.39, 0.29) is 0 Å². The Bertz CT molecular complexity index is 584. The Balaban J connectivity index is 2.15. The zero-order valence-electron chi connectivity index (χ0n) is 11.5. The number of nitrogens with zero attached hydrogens (tertiary/aromatic N) is 2. The number of H-pyrrole nitrogens is 1. The minimum Gasteiger partial charge on any atom is -0.465 e. The Morgan fingerprint density at radius 3 is 2.84 bits per heavy atom. The number of carboxylic acid groups (broad SMARTS) is 1. The van der Waals surface area contributed by atoms with Crippen molar-refractivity contribution >= 4 is 17.0 Å². The van der Waals surface area contributed by atoms with E-state index in [1.165, 1.54) is 4.90 Å². The van der Waals surface area contributed by atoms with Gasteiger partial charge in [0.1, 0.15) is 0 Å². The largest absolute Gasteiger partial charge is 0.465 e. The van der Waals surface area contributed by atoms with Gasteiger partial charge in [-0.05, 0) is 38.8 Å². The highest BCUT2D eigenvalue weighted by Gasteiger charge is 2.25. The molecule has 2 aromatic rings. The van der Waals surface area contributed by atoms with E-state index in [9.17, 15) is 9.90 Å². The van der Waals surface area contributed by atoms with Crippen molar-refractivity contribution in [3.05, 3.63) is 30.2 Å². The fourth-order valence-electron chi connectivity index (χ4n) is 2.18. The zero-order valence-corrected chi connectivity index (χ0v) is 11.5. The van der Waals surface area contributed by atoms with Crippen molar-refractivity contribution in [1.29, 1.82) is 0 Å². The molecule has 2 aromatic heterocycles. The number of nitrogens with one attached hydrogen (secondary N) is 1. The highest BCUT2D eigenvalue weighted by Crippen LogP contribution is 2.19. The Morgan fingerprint density at radius 1 is 1.47 bits per heavy atom. The summed E-state index contributed by atoms with van der Waals surface area (Å²) >= 11 is 0. The molecule has 0 aliphatic heterocycles. The van der Waals surface area contributed by atoms with Crippen molar-refractivity contribution in [3.8, 4) is 0 Å². The van der Waals surface area contributed by atoms with E-state index >= 15 is 0 Å². The van der Waals surface area contributed by atoms with Gasteiger partial charge in [0.15, 0.2) is 0 Å². The first-order valence-electron chi connectivity index (χ1n) is 6.30. The average Bonchev–Trinajstić information content (AvgIpc) is 2.71. The van der Waals surface area contributed by atoms with Gasteiger partial charge in [0.25, 0.3) is 0 Å². The number of rotatable bonds is 3. The van der Waals surface area contributed by atoms with Crippen LogP contribution >= 0.6 is 0 Å². The van der Waals surface area contributed by atoms with Crippen LogP contribution in [-0.2, 0) is 6.42 Å². The van der Waals surface area contributed by atoms with Crippen LogP contribution < -0.4 is 0 Å². The Hall–Kier alpha value is -2.04. The van der Waals surface area contributed by atoms with Gasteiger partial charge in [0.05, 0.1) is 0 Å². The fourth-order valence-corrected chi connectivity index (χ4v) is 2.18. The molecule has 0 unspecified atom stereocenters. The molecule has 2 heterocycles. The van der Waals surface area contributed by atoms with Crippen LogP contribution in [0.2, 0.25) is 0 Å². The normalized spacial score (nSPS) is 11.7. The summed E-state index contributed by atoms with van der Waals surface area (Å²) in [5, 5.41) is 10.3. The van der Waals surface area contributed by atoms with Crippen LogP contribution in [0, 0.1) is 0 Å². The van der Waals surface area contributed by atoms with Crippen LogP contribution in [-0.4, -0.2) is 38.2 Å². The third kappa shape index (κ3) is 2.86. The third-order valence-corrected chi connectivity index (χ3v) is 3.21. The number of aromatic nitrogens is 2. The van der Waals surface area contributed by atoms with Gasteiger partial charge in [-0.2, -0.15) is 0 Å². The van der Waals surface area contributed by atoms with Crippen LogP contribution in [0.15, 0.2) is 24.7 Å². The number of hydrogen-bond donors (Lipinski definition) is 2. The molecule has 0 aliphatic carbocycles. The van der Waals surface area contributed by atoms with Crippen molar-refractivity contribution in [2.45, 2.75) is 32.7 Å². The van der Waals surface area contributed by atoms with Crippen molar-refractivity contribution < 1.29 is 9.90 Å². The van der Waals surface area contributed by atoms with Crippen molar-refractivity contribution in [2.24, 2.45) is 0 Å². The number of hydrogen-bond acceptors (Lipinski definition) is 2. The van der Waals surface area contributed by atoms with E-state index in [0.717, 1.165) is 16.5 Å². The van der Waals surface area contributed by atoms with E-state index in [4.69, 9.17) is 0 Å². The molecule has 0 radical (unpaired) electrons. The average molecular weight is 261 g/mol. The molecular weight excluding hydrogens is 242 g/mol. The van der Waals surface area contributed by atoms with Gasteiger partial charge >= 0.3 is 6.09 Å². The Labute approximate surface area is 112 Å². The molecule has 2 N–H and O–H groups in total. The van der Waals surface area contributed by atoms with Crippen LogP contribution in [0.5, 0.6) is 0 Å². The van der Waals surface area contributed by atoms with Crippen molar-refractivity contribution in [1.82, 2.24) is 14.9 Å². The summed E-state index contributed by atoms with van der Waals surface area (Å²) < 4.78 is 0. The number of fused-ring (bicyclic) bond motifs is 1. The molecule has 0 fully saturated rings. The van der Waals surface area contributed by atoms with E-state index in [2.05, 4.69) is 9.97 Å². The molecule has 5 heteroatoms. The maximum atomic E-state index is 11.3. The van der Waals surface area contributed by atoms with Crippen LogP contribution in [0.3, 0.4) is 0 Å². The first-order valence-corrected chi connectivity index (χ1v) is 6.30. The lowest BCUT2D eigenvalue weighted by atomic mass is 10.1. The second-order valence-electron chi connectivity index (χ2n) is 5.59. The quantitative estimate of drug-likeness (QED) is 0.892. The van der Waals surface area contributed by atoms with Gasteiger partial charge in [-0.25, -0.2) is 4.79 Å². The van der Waals surface area contributed by atoms with Crippen LogP contribution in [0.4, 0.5) is 4.79 Å². The molecule has 0 atom stereocenters.